The molecule has 1 atom stereocenters. The van der Waals surface area contributed by atoms with E-state index in [1.807, 2.05) is 6.92 Å². The van der Waals surface area contributed by atoms with E-state index in [1.54, 1.807) is 7.11 Å². The number of rotatable bonds is 3. The van der Waals surface area contributed by atoms with E-state index in [1.165, 1.54) is 0 Å². The van der Waals surface area contributed by atoms with Crippen LogP contribution in [0.25, 0.3) is 0 Å². The SMILES string of the molecule is COC(C)Cc1nc2c(c(=O)[nH]1)CCC2. The Labute approximate surface area is 88.7 Å². The van der Waals surface area contributed by atoms with Crippen molar-refractivity contribution in [2.24, 2.45) is 0 Å². The molecule has 1 unspecified atom stereocenters. The predicted octanol–water partition coefficient (Wildman–Crippen LogP) is 0.836. The van der Waals surface area contributed by atoms with Crippen molar-refractivity contribution in [3.63, 3.8) is 0 Å². The summed E-state index contributed by atoms with van der Waals surface area (Å²) >= 11 is 0. The van der Waals surface area contributed by atoms with Crippen LogP contribution in [0.1, 0.15) is 30.4 Å². The van der Waals surface area contributed by atoms with E-state index in [0.717, 1.165) is 36.3 Å². The number of methoxy groups -OCH3 is 1. The van der Waals surface area contributed by atoms with Gasteiger partial charge in [0.25, 0.3) is 5.56 Å². The topological polar surface area (TPSA) is 55.0 Å². The van der Waals surface area contributed by atoms with Crippen molar-refractivity contribution in [1.29, 1.82) is 0 Å². The lowest BCUT2D eigenvalue weighted by atomic mass is 10.2. The molecule has 1 aromatic rings. The number of H-pyrrole nitrogens is 1. The fourth-order valence-corrected chi connectivity index (χ4v) is 1.95. The van der Waals surface area contributed by atoms with Crippen LogP contribution in [0.15, 0.2) is 4.79 Å². The van der Waals surface area contributed by atoms with Crippen molar-refractivity contribution in [1.82, 2.24) is 9.97 Å². The molecule has 0 aromatic carbocycles. The van der Waals surface area contributed by atoms with Gasteiger partial charge in [-0.15, -0.1) is 0 Å². The summed E-state index contributed by atoms with van der Waals surface area (Å²) in [6.07, 6.45) is 3.62. The van der Waals surface area contributed by atoms with E-state index < -0.39 is 0 Å². The summed E-state index contributed by atoms with van der Waals surface area (Å²) < 4.78 is 5.15. The number of hydrogen-bond donors (Lipinski definition) is 1. The molecule has 1 N–H and O–H groups in total. The number of aromatic amines is 1. The second-order valence-electron chi connectivity index (χ2n) is 4.04. The van der Waals surface area contributed by atoms with Crippen LogP contribution in [0.3, 0.4) is 0 Å². The smallest absolute Gasteiger partial charge is 0.254 e. The number of fused-ring (bicyclic) bond motifs is 1. The van der Waals surface area contributed by atoms with Crippen molar-refractivity contribution < 1.29 is 4.74 Å². The van der Waals surface area contributed by atoms with Gasteiger partial charge < -0.3 is 9.72 Å². The molecule has 4 heteroatoms. The third kappa shape index (κ3) is 2.09. The molecule has 4 nitrogen and oxygen atoms in total. The minimum absolute atomic E-state index is 0.0378. The van der Waals surface area contributed by atoms with Crippen molar-refractivity contribution in [3.05, 3.63) is 27.4 Å². The van der Waals surface area contributed by atoms with Gasteiger partial charge in [0.15, 0.2) is 0 Å². The second kappa shape index (κ2) is 4.14. The molecule has 0 spiro atoms. The minimum Gasteiger partial charge on any atom is -0.381 e. The van der Waals surface area contributed by atoms with E-state index in [0.29, 0.717) is 6.42 Å². The van der Waals surface area contributed by atoms with Crippen LogP contribution in [0.5, 0.6) is 0 Å². The van der Waals surface area contributed by atoms with Crippen LogP contribution in [0, 0.1) is 0 Å². The predicted molar refractivity (Wildman–Crippen MR) is 57.1 cm³/mol. The largest absolute Gasteiger partial charge is 0.381 e. The maximum atomic E-state index is 11.7. The molecule has 0 fully saturated rings. The zero-order valence-electron chi connectivity index (χ0n) is 9.17. The monoisotopic (exact) mass is 208 g/mol. The Hall–Kier alpha value is -1.16. The highest BCUT2D eigenvalue weighted by Crippen LogP contribution is 2.15. The second-order valence-corrected chi connectivity index (χ2v) is 4.04. The fraction of sp³-hybridized carbons (Fsp3) is 0.636. The van der Waals surface area contributed by atoms with Gasteiger partial charge >= 0.3 is 0 Å². The minimum atomic E-state index is 0.0378. The summed E-state index contributed by atoms with van der Waals surface area (Å²) in [5, 5.41) is 0. The molecule has 0 bridgehead atoms. The van der Waals surface area contributed by atoms with Crippen molar-refractivity contribution in [3.8, 4) is 0 Å². The first-order chi connectivity index (χ1) is 7.20. The highest BCUT2D eigenvalue weighted by atomic mass is 16.5. The first-order valence-corrected chi connectivity index (χ1v) is 5.34. The first kappa shape index (κ1) is 10.4. The number of hydrogen-bond acceptors (Lipinski definition) is 3. The summed E-state index contributed by atoms with van der Waals surface area (Å²) in [5.74, 6) is 0.745. The van der Waals surface area contributed by atoms with Crippen molar-refractivity contribution in [2.75, 3.05) is 7.11 Å². The highest BCUT2D eigenvalue weighted by molar-refractivity contribution is 5.22. The van der Waals surface area contributed by atoms with Gasteiger partial charge in [0.2, 0.25) is 0 Å². The summed E-state index contributed by atoms with van der Waals surface area (Å²) in [6.45, 7) is 1.97. The normalized spacial score (nSPS) is 16.4. The van der Waals surface area contributed by atoms with Crippen LogP contribution >= 0.6 is 0 Å². The molecule has 0 amide bonds. The van der Waals surface area contributed by atoms with Gasteiger partial charge in [-0.3, -0.25) is 4.79 Å². The maximum Gasteiger partial charge on any atom is 0.254 e. The Morgan fingerprint density at radius 2 is 2.33 bits per heavy atom. The van der Waals surface area contributed by atoms with Gasteiger partial charge in [-0.1, -0.05) is 0 Å². The molecule has 15 heavy (non-hydrogen) atoms. The van der Waals surface area contributed by atoms with Crippen LogP contribution < -0.4 is 5.56 Å². The molecule has 1 aliphatic rings. The Kier molecular flexibility index (Phi) is 2.86. The molecule has 1 aromatic heterocycles. The average molecular weight is 208 g/mol. The quantitative estimate of drug-likeness (QED) is 0.800. The lowest BCUT2D eigenvalue weighted by Crippen LogP contribution is -2.20. The van der Waals surface area contributed by atoms with E-state index >= 15 is 0 Å². The third-order valence-corrected chi connectivity index (χ3v) is 2.87. The average Bonchev–Trinajstić information content (AvgIpc) is 2.66. The molecular formula is C11H16N2O2. The van der Waals surface area contributed by atoms with Gasteiger partial charge in [0.05, 0.1) is 11.8 Å². The van der Waals surface area contributed by atoms with E-state index in [2.05, 4.69) is 9.97 Å². The highest BCUT2D eigenvalue weighted by Gasteiger charge is 2.17. The number of aromatic nitrogens is 2. The Balaban J connectivity index is 2.28. The van der Waals surface area contributed by atoms with Crippen LogP contribution in [-0.4, -0.2) is 23.2 Å². The van der Waals surface area contributed by atoms with E-state index in [9.17, 15) is 4.79 Å². The van der Waals surface area contributed by atoms with Crippen LogP contribution in [0.4, 0.5) is 0 Å². The van der Waals surface area contributed by atoms with Crippen molar-refractivity contribution in [2.45, 2.75) is 38.7 Å². The van der Waals surface area contributed by atoms with E-state index in [-0.39, 0.29) is 11.7 Å². The summed E-state index contributed by atoms with van der Waals surface area (Å²) in [7, 11) is 1.66. The van der Waals surface area contributed by atoms with Gasteiger partial charge in [0, 0.05) is 19.1 Å². The molecule has 1 aliphatic carbocycles. The molecule has 0 aliphatic heterocycles. The molecule has 0 saturated carbocycles. The zero-order chi connectivity index (χ0) is 10.8. The maximum absolute atomic E-state index is 11.7. The molecule has 0 saturated heterocycles. The van der Waals surface area contributed by atoms with E-state index in [4.69, 9.17) is 4.74 Å². The van der Waals surface area contributed by atoms with Crippen LogP contribution in [0.2, 0.25) is 0 Å². The van der Waals surface area contributed by atoms with Gasteiger partial charge in [-0.05, 0) is 26.2 Å². The lowest BCUT2D eigenvalue weighted by Gasteiger charge is -2.09. The van der Waals surface area contributed by atoms with Gasteiger partial charge in [0.1, 0.15) is 5.82 Å². The Morgan fingerprint density at radius 1 is 1.53 bits per heavy atom. The lowest BCUT2D eigenvalue weighted by molar-refractivity contribution is 0.117. The van der Waals surface area contributed by atoms with Gasteiger partial charge in [-0.25, -0.2) is 4.98 Å². The molecule has 0 radical (unpaired) electrons. The molecule has 2 rings (SSSR count). The summed E-state index contributed by atoms with van der Waals surface area (Å²) in [5.41, 5.74) is 1.90. The Bertz CT molecular complexity index is 412. The number of ether oxygens (including phenoxy) is 1. The number of nitrogens with zero attached hydrogens (tertiary/aromatic N) is 1. The van der Waals surface area contributed by atoms with Crippen LogP contribution in [-0.2, 0) is 24.0 Å². The zero-order valence-corrected chi connectivity index (χ0v) is 9.17. The summed E-state index contributed by atoms with van der Waals surface area (Å²) in [4.78, 5) is 19.0. The van der Waals surface area contributed by atoms with Gasteiger partial charge in [-0.2, -0.15) is 0 Å². The standard InChI is InChI=1S/C11H16N2O2/c1-7(15-2)6-10-12-9-5-3-4-8(9)11(14)13-10/h7H,3-6H2,1-2H3,(H,12,13,14). The third-order valence-electron chi connectivity index (χ3n) is 2.87. The first-order valence-electron chi connectivity index (χ1n) is 5.34. The number of aryl methyl sites for hydroxylation is 1. The summed E-state index contributed by atoms with van der Waals surface area (Å²) in [6, 6.07) is 0. The molecule has 82 valence electrons. The Morgan fingerprint density at radius 3 is 3.07 bits per heavy atom. The molecular weight excluding hydrogens is 192 g/mol. The molecule has 1 heterocycles. The fourth-order valence-electron chi connectivity index (χ4n) is 1.95. The van der Waals surface area contributed by atoms with Crippen molar-refractivity contribution >= 4 is 0 Å². The number of nitrogens with one attached hydrogen (secondary N) is 1.